The van der Waals surface area contributed by atoms with E-state index in [1.54, 1.807) is 6.21 Å². The number of hydrogen-bond donors (Lipinski definition) is 0. The van der Waals surface area contributed by atoms with Crippen molar-refractivity contribution in [2.75, 3.05) is 19.8 Å². The third kappa shape index (κ3) is 37.2. The molecule has 7 nitrogen and oxygen atoms in total. The van der Waals surface area contributed by atoms with E-state index in [2.05, 4.69) is 57.0 Å². The van der Waals surface area contributed by atoms with Crippen molar-refractivity contribution in [2.45, 2.75) is 233 Å². The highest BCUT2D eigenvalue weighted by atomic mass is 16.5. The van der Waals surface area contributed by atoms with Crippen molar-refractivity contribution in [2.24, 2.45) is 16.8 Å². The first kappa shape index (κ1) is 53.6. The van der Waals surface area contributed by atoms with Crippen LogP contribution in [0.25, 0.3) is 0 Å². The fourth-order valence-corrected chi connectivity index (χ4v) is 6.78. The summed E-state index contributed by atoms with van der Waals surface area (Å²) in [4.78, 5) is 40.6. The summed E-state index contributed by atoms with van der Waals surface area (Å²) >= 11 is 0. The molecule has 0 radical (unpaired) electrons. The predicted molar refractivity (Wildman–Crippen MR) is 237 cm³/mol. The highest BCUT2D eigenvalue weighted by Crippen LogP contribution is 2.19. The number of nitrogens with zero attached hydrogens (tertiary/aromatic N) is 1. The number of rotatable bonds is 41. The van der Waals surface area contributed by atoms with Crippen LogP contribution >= 0.6 is 0 Å². The lowest BCUT2D eigenvalue weighted by Crippen LogP contribution is -2.18. The average molecular weight is 788 g/mol. The van der Waals surface area contributed by atoms with Gasteiger partial charge in [-0.3, -0.25) is 19.4 Å². The van der Waals surface area contributed by atoms with Crippen molar-refractivity contribution in [1.82, 2.24) is 0 Å². The Kier molecular flexibility index (Phi) is 40.3. The zero-order chi connectivity index (χ0) is 41.2. The second kappa shape index (κ2) is 42.2. The molecule has 0 unspecified atom stereocenters. The molecule has 56 heavy (non-hydrogen) atoms. The van der Waals surface area contributed by atoms with Gasteiger partial charge in [-0.05, 0) is 121 Å². The molecule has 0 saturated carbocycles. The molecule has 0 aliphatic rings. The fourth-order valence-electron chi connectivity index (χ4n) is 6.78. The Balaban J connectivity index is 4.02. The van der Waals surface area contributed by atoms with E-state index in [0.29, 0.717) is 50.9 Å². The minimum atomic E-state index is -0.0626. The minimum Gasteiger partial charge on any atom is -0.465 e. The first-order chi connectivity index (χ1) is 27.4. The van der Waals surface area contributed by atoms with E-state index in [1.165, 1.54) is 64.2 Å². The van der Waals surface area contributed by atoms with Gasteiger partial charge in [0.25, 0.3) is 0 Å². The molecule has 0 aliphatic carbocycles. The first-order valence-corrected chi connectivity index (χ1v) is 23.6. The number of aliphatic imine (C=N–C) groups is 1. The fraction of sp³-hybridized carbons (Fsp3) is 0.837. The van der Waals surface area contributed by atoms with Crippen LogP contribution in [0.15, 0.2) is 29.3 Å². The van der Waals surface area contributed by atoms with Gasteiger partial charge in [0.15, 0.2) is 0 Å². The number of carbonyl (C=O) groups is 3. The van der Waals surface area contributed by atoms with E-state index in [-0.39, 0.29) is 24.0 Å². The van der Waals surface area contributed by atoms with Crippen LogP contribution in [0.2, 0.25) is 0 Å². The van der Waals surface area contributed by atoms with Gasteiger partial charge in [0.05, 0.1) is 13.2 Å². The molecule has 0 amide bonds. The number of hydrogen-bond acceptors (Lipinski definition) is 7. The van der Waals surface area contributed by atoms with Crippen LogP contribution in [0.3, 0.4) is 0 Å². The quantitative estimate of drug-likeness (QED) is 0.0201. The summed E-state index contributed by atoms with van der Waals surface area (Å²) in [6.45, 7) is 12.3. The molecule has 0 spiro atoms. The molecular formula is C49H89NO6. The maximum Gasteiger partial charge on any atom is 0.306 e. The van der Waals surface area contributed by atoms with Crippen LogP contribution in [-0.2, 0) is 28.6 Å². The molecule has 0 aliphatic heterocycles. The number of unbranched alkanes of at least 4 members (excludes halogenated alkanes) is 16. The number of ether oxygens (including phenoxy) is 3. The molecule has 0 aromatic heterocycles. The SMILES string of the molecule is C/C=N\CCCC(=O)OC(CCCCCCCC/C=C\CCCCC(=O)OCC(CC)CC)CCCCCCCC/C=C\CCCCC(=O)OCC(CC)CC. The molecule has 0 saturated heterocycles. The molecule has 0 bridgehead atoms. The topological polar surface area (TPSA) is 91.3 Å². The van der Waals surface area contributed by atoms with Crippen molar-refractivity contribution in [3.8, 4) is 0 Å². The van der Waals surface area contributed by atoms with Gasteiger partial charge in [0, 0.05) is 25.8 Å². The van der Waals surface area contributed by atoms with E-state index >= 15 is 0 Å². The largest absolute Gasteiger partial charge is 0.465 e. The van der Waals surface area contributed by atoms with Crippen LogP contribution < -0.4 is 0 Å². The van der Waals surface area contributed by atoms with Crippen LogP contribution in [0.1, 0.15) is 227 Å². The summed E-state index contributed by atoms with van der Waals surface area (Å²) in [5.74, 6) is 0.842. The Morgan fingerprint density at radius 1 is 0.464 bits per heavy atom. The minimum absolute atomic E-state index is 0.0444. The molecule has 0 N–H and O–H groups in total. The van der Waals surface area contributed by atoms with Gasteiger partial charge in [-0.1, -0.05) is 129 Å². The van der Waals surface area contributed by atoms with E-state index < -0.39 is 0 Å². The third-order valence-electron chi connectivity index (χ3n) is 11.0. The Hall–Kier alpha value is -2.44. The van der Waals surface area contributed by atoms with E-state index in [9.17, 15) is 14.4 Å². The predicted octanol–water partition coefficient (Wildman–Crippen LogP) is 14.2. The second-order valence-corrected chi connectivity index (χ2v) is 15.9. The van der Waals surface area contributed by atoms with Gasteiger partial charge in [-0.2, -0.15) is 0 Å². The zero-order valence-electron chi connectivity index (χ0n) is 37.4. The maximum absolute atomic E-state index is 12.5. The van der Waals surface area contributed by atoms with Crippen LogP contribution in [0.4, 0.5) is 0 Å². The molecule has 7 heteroatoms. The van der Waals surface area contributed by atoms with Gasteiger partial charge in [0.2, 0.25) is 0 Å². The summed E-state index contributed by atoms with van der Waals surface area (Å²) in [5, 5.41) is 0. The Morgan fingerprint density at radius 3 is 1.21 bits per heavy atom. The third-order valence-corrected chi connectivity index (χ3v) is 11.0. The van der Waals surface area contributed by atoms with Gasteiger partial charge >= 0.3 is 17.9 Å². The Bertz CT molecular complexity index is 921. The van der Waals surface area contributed by atoms with Crippen molar-refractivity contribution in [1.29, 1.82) is 0 Å². The molecule has 0 fully saturated rings. The summed E-state index contributed by atoms with van der Waals surface area (Å²) in [6.07, 6.45) is 42.4. The summed E-state index contributed by atoms with van der Waals surface area (Å²) < 4.78 is 16.8. The lowest BCUT2D eigenvalue weighted by Gasteiger charge is -2.18. The maximum atomic E-state index is 12.5. The Labute approximate surface area is 346 Å². The highest BCUT2D eigenvalue weighted by molar-refractivity contribution is 5.70. The van der Waals surface area contributed by atoms with Crippen molar-refractivity contribution in [3.63, 3.8) is 0 Å². The molecular weight excluding hydrogens is 699 g/mol. The lowest BCUT2D eigenvalue weighted by atomic mass is 10.0. The normalized spacial score (nSPS) is 12.0. The molecule has 0 heterocycles. The van der Waals surface area contributed by atoms with Crippen LogP contribution in [0.5, 0.6) is 0 Å². The van der Waals surface area contributed by atoms with Gasteiger partial charge in [0.1, 0.15) is 6.10 Å². The first-order valence-electron chi connectivity index (χ1n) is 23.6. The molecule has 0 aromatic carbocycles. The number of carbonyl (C=O) groups excluding carboxylic acids is 3. The molecule has 0 atom stereocenters. The lowest BCUT2D eigenvalue weighted by molar-refractivity contribution is -0.150. The molecule has 326 valence electrons. The summed E-state index contributed by atoms with van der Waals surface area (Å²) in [6, 6.07) is 0. The van der Waals surface area contributed by atoms with Gasteiger partial charge < -0.3 is 14.2 Å². The van der Waals surface area contributed by atoms with E-state index in [4.69, 9.17) is 14.2 Å². The van der Waals surface area contributed by atoms with Crippen molar-refractivity contribution < 1.29 is 28.6 Å². The van der Waals surface area contributed by atoms with E-state index in [0.717, 1.165) is 109 Å². The van der Waals surface area contributed by atoms with Crippen LogP contribution in [-0.4, -0.2) is 50.0 Å². The molecule has 0 rings (SSSR count). The van der Waals surface area contributed by atoms with E-state index in [1.807, 2.05) is 6.92 Å². The van der Waals surface area contributed by atoms with Crippen LogP contribution in [0, 0.1) is 11.8 Å². The monoisotopic (exact) mass is 788 g/mol. The number of allylic oxidation sites excluding steroid dienone is 4. The molecule has 0 aromatic rings. The van der Waals surface area contributed by atoms with Gasteiger partial charge in [-0.15, -0.1) is 0 Å². The highest BCUT2D eigenvalue weighted by Gasteiger charge is 2.14. The summed E-state index contributed by atoms with van der Waals surface area (Å²) in [7, 11) is 0. The average Bonchev–Trinajstić information content (AvgIpc) is 3.20. The van der Waals surface area contributed by atoms with Gasteiger partial charge in [-0.25, -0.2) is 0 Å². The van der Waals surface area contributed by atoms with Crippen molar-refractivity contribution in [3.05, 3.63) is 24.3 Å². The Morgan fingerprint density at radius 2 is 0.821 bits per heavy atom. The zero-order valence-corrected chi connectivity index (χ0v) is 37.4. The van der Waals surface area contributed by atoms with Crippen molar-refractivity contribution >= 4 is 24.1 Å². The smallest absolute Gasteiger partial charge is 0.306 e. The summed E-state index contributed by atoms with van der Waals surface area (Å²) in [5.41, 5.74) is 0. The second-order valence-electron chi connectivity index (χ2n) is 15.9. The number of esters is 3. The standard InChI is InChI=1S/C49H89NO6/c1-6-44(7-2)42-54-47(51)38-33-29-25-21-17-13-11-15-19-23-27-31-36-46(56-49(53)40-35-41-50-10-5)37-32-28-24-20-16-12-14-18-22-26-30-34-39-48(52)55-43-45(8-3)9-4/h10,17-18,21-22,44-46H,6-9,11-16,19-20,23-43H2,1-5H3/b21-17-,22-18-,50-10-.